The molecule has 1 N–H and O–H groups in total. The van der Waals surface area contributed by atoms with E-state index in [9.17, 15) is 9.90 Å². The standard InChI is InChI=1S/C36H40O5Si/c1-35(2,3)42(30-19-10-6-11-20-30,31-21-12-7-13-22-31)40-26-36(28-17-8-5-9-18-28)29(25-33(39-4)41-36)24-27-16-14-15-23-32(27)34(37)38/h5-23,29,33H,24-26H2,1-4H3,(H,37,38)/t29-,33?,36-/m0/s1. The van der Waals surface area contributed by atoms with Crippen molar-refractivity contribution in [1.29, 1.82) is 0 Å². The van der Waals surface area contributed by atoms with Gasteiger partial charge in [0, 0.05) is 19.4 Å². The van der Waals surface area contributed by atoms with Gasteiger partial charge < -0.3 is 19.0 Å². The van der Waals surface area contributed by atoms with Gasteiger partial charge in [0.2, 0.25) is 0 Å². The van der Waals surface area contributed by atoms with Crippen LogP contribution in [0.25, 0.3) is 0 Å². The molecule has 4 aromatic carbocycles. The van der Waals surface area contributed by atoms with Gasteiger partial charge in [-0.2, -0.15) is 0 Å². The average molecular weight is 581 g/mol. The molecule has 218 valence electrons. The summed E-state index contributed by atoms with van der Waals surface area (Å²) < 4.78 is 20.2. The normalized spacial score (nSPS) is 20.9. The summed E-state index contributed by atoms with van der Waals surface area (Å²) in [4.78, 5) is 12.2. The van der Waals surface area contributed by atoms with E-state index in [1.54, 1.807) is 19.2 Å². The minimum atomic E-state index is -2.89. The lowest BCUT2D eigenvalue weighted by atomic mass is 9.78. The fraction of sp³-hybridized carbons (Fsp3) is 0.306. The lowest BCUT2D eigenvalue weighted by molar-refractivity contribution is -0.175. The first-order chi connectivity index (χ1) is 20.2. The molecular formula is C36H40O5Si. The molecule has 0 saturated carbocycles. The first-order valence-corrected chi connectivity index (χ1v) is 16.4. The summed E-state index contributed by atoms with van der Waals surface area (Å²) in [6.45, 7) is 7.09. The fourth-order valence-electron chi connectivity index (χ4n) is 6.60. The van der Waals surface area contributed by atoms with E-state index in [2.05, 4.69) is 81.4 Å². The minimum absolute atomic E-state index is 0.0939. The lowest BCUT2D eigenvalue weighted by Crippen LogP contribution is -2.67. The van der Waals surface area contributed by atoms with Gasteiger partial charge in [0.1, 0.15) is 5.60 Å². The predicted octanol–water partition coefficient (Wildman–Crippen LogP) is 6.41. The highest BCUT2D eigenvalue weighted by molar-refractivity contribution is 6.99. The van der Waals surface area contributed by atoms with Gasteiger partial charge in [0.05, 0.1) is 12.2 Å². The van der Waals surface area contributed by atoms with Crippen molar-refractivity contribution in [3.8, 4) is 0 Å². The molecule has 1 aliphatic rings. The molecule has 1 unspecified atom stereocenters. The minimum Gasteiger partial charge on any atom is -0.478 e. The van der Waals surface area contributed by atoms with Crippen LogP contribution < -0.4 is 10.4 Å². The van der Waals surface area contributed by atoms with Gasteiger partial charge in [-0.15, -0.1) is 0 Å². The maximum Gasteiger partial charge on any atom is 0.335 e. The zero-order chi connectivity index (χ0) is 29.8. The molecule has 5 rings (SSSR count). The van der Waals surface area contributed by atoms with E-state index < -0.39 is 26.2 Å². The van der Waals surface area contributed by atoms with E-state index in [-0.39, 0.29) is 11.0 Å². The highest BCUT2D eigenvalue weighted by Crippen LogP contribution is 2.48. The summed E-state index contributed by atoms with van der Waals surface area (Å²) in [5.41, 5.74) is 1.23. The van der Waals surface area contributed by atoms with Crippen LogP contribution in [0.5, 0.6) is 0 Å². The first kappa shape index (κ1) is 29.9. The van der Waals surface area contributed by atoms with Crippen molar-refractivity contribution in [3.63, 3.8) is 0 Å². The number of carboxylic acids is 1. The monoisotopic (exact) mass is 580 g/mol. The molecule has 0 aromatic heterocycles. The maximum atomic E-state index is 12.2. The SMILES string of the molecule is COC1C[C@H](Cc2ccccc2C(=O)O)[C@](CO[Si](c2ccccc2)(c2ccccc2)C(C)(C)C)(c2ccccc2)O1. The molecule has 6 heteroatoms. The number of rotatable bonds is 10. The number of methoxy groups -OCH3 is 1. The van der Waals surface area contributed by atoms with Gasteiger partial charge in [-0.25, -0.2) is 4.79 Å². The van der Waals surface area contributed by atoms with Gasteiger partial charge in [-0.1, -0.05) is 130 Å². The van der Waals surface area contributed by atoms with Crippen LogP contribution in [0.15, 0.2) is 115 Å². The molecule has 5 nitrogen and oxygen atoms in total. The zero-order valence-corrected chi connectivity index (χ0v) is 25.8. The highest BCUT2D eigenvalue weighted by Gasteiger charge is 2.55. The number of benzene rings is 4. The Balaban J connectivity index is 1.66. The average Bonchev–Trinajstić information content (AvgIpc) is 3.37. The third-order valence-electron chi connectivity index (χ3n) is 8.64. The van der Waals surface area contributed by atoms with Crippen LogP contribution in [0.3, 0.4) is 0 Å². The second-order valence-corrected chi connectivity index (χ2v) is 16.4. The number of ether oxygens (including phenoxy) is 2. The van der Waals surface area contributed by atoms with Crippen molar-refractivity contribution < 1.29 is 23.8 Å². The largest absolute Gasteiger partial charge is 0.478 e. The van der Waals surface area contributed by atoms with Crippen LogP contribution in [0.2, 0.25) is 5.04 Å². The smallest absolute Gasteiger partial charge is 0.335 e. The maximum absolute atomic E-state index is 12.2. The van der Waals surface area contributed by atoms with Crippen LogP contribution >= 0.6 is 0 Å². The molecule has 0 spiro atoms. The molecule has 1 aliphatic heterocycles. The number of carbonyl (C=O) groups is 1. The van der Waals surface area contributed by atoms with E-state index in [0.29, 0.717) is 25.0 Å². The van der Waals surface area contributed by atoms with E-state index in [1.807, 2.05) is 42.5 Å². The zero-order valence-electron chi connectivity index (χ0n) is 24.8. The summed E-state index contributed by atoms with van der Waals surface area (Å²) in [5.74, 6) is -1.02. The molecule has 3 atom stereocenters. The van der Waals surface area contributed by atoms with Crippen LogP contribution in [0.4, 0.5) is 0 Å². The predicted molar refractivity (Wildman–Crippen MR) is 169 cm³/mol. The van der Waals surface area contributed by atoms with Gasteiger partial charge in [-0.05, 0) is 39.0 Å². The summed E-state index contributed by atoms with van der Waals surface area (Å²) in [5, 5.41) is 12.1. The molecule has 4 aromatic rings. The van der Waals surface area contributed by atoms with Crippen molar-refractivity contribution in [3.05, 3.63) is 132 Å². The Morgan fingerprint density at radius 1 is 0.857 bits per heavy atom. The molecule has 1 fully saturated rings. The Bertz CT molecular complexity index is 1430. The van der Waals surface area contributed by atoms with Crippen LogP contribution in [-0.4, -0.2) is 39.4 Å². The van der Waals surface area contributed by atoms with Crippen molar-refractivity contribution in [2.75, 3.05) is 13.7 Å². The fourth-order valence-corrected chi connectivity index (χ4v) is 11.2. The summed E-state index contributed by atoms with van der Waals surface area (Å²) in [6.07, 6.45) is 0.681. The number of aromatic carboxylic acids is 1. The van der Waals surface area contributed by atoms with Gasteiger partial charge >= 0.3 is 5.97 Å². The third-order valence-corrected chi connectivity index (χ3v) is 13.6. The van der Waals surface area contributed by atoms with Gasteiger partial charge in [-0.3, -0.25) is 0 Å². The van der Waals surface area contributed by atoms with Crippen LogP contribution in [-0.2, 0) is 25.9 Å². The van der Waals surface area contributed by atoms with E-state index in [1.165, 1.54) is 10.4 Å². The molecule has 1 saturated heterocycles. The summed E-state index contributed by atoms with van der Waals surface area (Å²) in [6, 6.07) is 38.6. The lowest BCUT2D eigenvalue weighted by Gasteiger charge is -2.46. The Labute approximate surface area is 250 Å². The Morgan fingerprint density at radius 2 is 1.38 bits per heavy atom. The second kappa shape index (κ2) is 12.4. The van der Waals surface area contributed by atoms with Crippen molar-refractivity contribution in [2.45, 2.75) is 50.5 Å². The highest BCUT2D eigenvalue weighted by atomic mass is 28.4. The third kappa shape index (κ3) is 5.60. The van der Waals surface area contributed by atoms with Crippen LogP contribution in [0.1, 0.15) is 48.7 Å². The van der Waals surface area contributed by atoms with Crippen molar-refractivity contribution >= 4 is 24.7 Å². The Morgan fingerprint density at radius 3 is 1.90 bits per heavy atom. The van der Waals surface area contributed by atoms with Gasteiger partial charge in [0.15, 0.2) is 6.29 Å². The number of hydrogen-bond donors (Lipinski definition) is 1. The van der Waals surface area contributed by atoms with Crippen molar-refractivity contribution in [1.82, 2.24) is 0 Å². The molecule has 0 radical (unpaired) electrons. The first-order valence-electron chi connectivity index (χ1n) is 14.5. The van der Waals surface area contributed by atoms with E-state index in [4.69, 9.17) is 13.9 Å². The second-order valence-electron chi connectivity index (χ2n) is 12.1. The summed E-state index contributed by atoms with van der Waals surface area (Å²) >= 11 is 0. The van der Waals surface area contributed by atoms with Crippen LogP contribution in [0, 0.1) is 5.92 Å². The van der Waals surface area contributed by atoms with E-state index >= 15 is 0 Å². The Kier molecular flexibility index (Phi) is 8.80. The van der Waals surface area contributed by atoms with E-state index in [0.717, 1.165) is 11.1 Å². The summed E-state index contributed by atoms with van der Waals surface area (Å²) in [7, 11) is -1.23. The molecule has 42 heavy (non-hydrogen) atoms. The van der Waals surface area contributed by atoms with Gasteiger partial charge in [0.25, 0.3) is 8.32 Å². The quantitative estimate of drug-likeness (QED) is 0.220. The molecule has 0 bridgehead atoms. The molecular weight excluding hydrogens is 540 g/mol. The molecule has 0 amide bonds. The number of hydrogen-bond acceptors (Lipinski definition) is 4. The number of carboxylic acid groups (broad SMARTS) is 1. The van der Waals surface area contributed by atoms with Crippen molar-refractivity contribution in [2.24, 2.45) is 5.92 Å². The molecule has 1 heterocycles. The topological polar surface area (TPSA) is 65.0 Å². The Hall–Kier alpha value is -3.55. The molecule has 0 aliphatic carbocycles.